The molecular formula is C15H18N4O3. The summed E-state index contributed by atoms with van der Waals surface area (Å²) in [6.45, 7) is 2.91. The molecule has 2 aromatic rings. The zero-order valence-corrected chi connectivity index (χ0v) is 12.3. The fraction of sp³-hybridized carbons (Fsp3) is 0.267. The average Bonchev–Trinajstić information content (AvgIpc) is 3.05. The number of ether oxygens (including phenoxy) is 1. The van der Waals surface area contributed by atoms with E-state index in [-0.39, 0.29) is 18.2 Å². The van der Waals surface area contributed by atoms with Gasteiger partial charge in [0, 0.05) is 30.9 Å². The number of hydrogen-bond donors (Lipinski definition) is 2. The first kappa shape index (κ1) is 15.6. The quantitative estimate of drug-likeness (QED) is 0.783. The third-order valence-corrected chi connectivity index (χ3v) is 2.87. The molecule has 22 heavy (non-hydrogen) atoms. The molecule has 0 saturated carbocycles. The molecule has 0 radical (unpaired) electrons. The number of rotatable bonds is 6. The van der Waals surface area contributed by atoms with Crippen molar-refractivity contribution in [3.8, 4) is 5.75 Å². The van der Waals surface area contributed by atoms with Crippen LogP contribution in [0.2, 0.25) is 0 Å². The third kappa shape index (κ3) is 4.62. The largest absolute Gasteiger partial charge is 0.494 e. The van der Waals surface area contributed by atoms with Gasteiger partial charge >= 0.3 is 0 Å². The first-order chi connectivity index (χ1) is 10.7. The minimum absolute atomic E-state index is 0.227. The molecule has 1 aromatic heterocycles. The molecule has 2 rings (SSSR count). The lowest BCUT2D eigenvalue weighted by molar-refractivity contribution is -0.122. The van der Waals surface area contributed by atoms with Crippen molar-refractivity contribution in [3.05, 3.63) is 48.3 Å². The van der Waals surface area contributed by atoms with Gasteiger partial charge < -0.3 is 4.74 Å². The second kappa shape index (κ2) is 7.82. The molecule has 0 atom stereocenters. The van der Waals surface area contributed by atoms with Gasteiger partial charge in [0.05, 0.1) is 6.61 Å². The number of amides is 2. The SMILES string of the molecule is CCOc1ccc(C(=O)NNC(=O)CCn2cccn2)cc1. The van der Waals surface area contributed by atoms with Gasteiger partial charge in [0.25, 0.3) is 5.91 Å². The molecule has 0 fully saturated rings. The van der Waals surface area contributed by atoms with E-state index < -0.39 is 0 Å². The Labute approximate surface area is 128 Å². The third-order valence-electron chi connectivity index (χ3n) is 2.87. The summed E-state index contributed by atoms with van der Waals surface area (Å²) < 4.78 is 6.94. The summed E-state index contributed by atoms with van der Waals surface area (Å²) >= 11 is 0. The number of nitrogens with one attached hydrogen (secondary N) is 2. The fourth-order valence-electron chi connectivity index (χ4n) is 1.78. The van der Waals surface area contributed by atoms with E-state index in [1.165, 1.54) is 0 Å². The van der Waals surface area contributed by atoms with Crippen molar-refractivity contribution in [2.45, 2.75) is 19.9 Å². The lowest BCUT2D eigenvalue weighted by atomic mass is 10.2. The van der Waals surface area contributed by atoms with Crippen LogP contribution in [-0.4, -0.2) is 28.2 Å². The highest BCUT2D eigenvalue weighted by molar-refractivity contribution is 5.95. The van der Waals surface area contributed by atoms with E-state index in [9.17, 15) is 9.59 Å². The number of hydrogen-bond acceptors (Lipinski definition) is 4. The average molecular weight is 302 g/mol. The van der Waals surface area contributed by atoms with Crippen LogP contribution in [-0.2, 0) is 11.3 Å². The van der Waals surface area contributed by atoms with E-state index >= 15 is 0 Å². The second-order valence-electron chi connectivity index (χ2n) is 4.48. The summed E-state index contributed by atoms with van der Waals surface area (Å²) in [5.41, 5.74) is 5.18. The van der Waals surface area contributed by atoms with Crippen molar-refractivity contribution in [2.75, 3.05) is 6.61 Å². The Morgan fingerprint density at radius 1 is 1.23 bits per heavy atom. The number of hydrazine groups is 1. The van der Waals surface area contributed by atoms with Gasteiger partial charge in [-0.25, -0.2) is 0 Å². The monoisotopic (exact) mass is 302 g/mol. The Kier molecular flexibility index (Phi) is 5.53. The van der Waals surface area contributed by atoms with Crippen LogP contribution in [0, 0.1) is 0 Å². The zero-order chi connectivity index (χ0) is 15.8. The van der Waals surface area contributed by atoms with Crippen LogP contribution in [0.4, 0.5) is 0 Å². The van der Waals surface area contributed by atoms with E-state index in [2.05, 4.69) is 16.0 Å². The smallest absolute Gasteiger partial charge is 0.269 e. The molecule has 0 spiro atoms. The van der Waals surface area contributed by atoms with Gasteiger partial charge in [-0.3, -0.25) is 25.1 Å². The Bertz CT molecular complexity index is 608. The summed E-state index contributed by atoms with van der Waals surface area (Å²) in [6, 6.07) is 8.47. The topological polar surface area (TPSA) is 85.3 Å². The van der Waals surface area contributed by atoms with Gasteiger partial charge in [-0.15, -0.1) is 0 Å². The molecular weight excluding hydrogens is 284 g/mol. The van der Waals surface area contributed by atoms with Crippen LogP contribution in [0.3, 0.4) is 0 Å². The molecule has 0 saturated heterocycles. The van der Waals surface area contributed by atoms with E-state index in [0.29, 0.717) is 24.5 Å². The summed E-state index contributed by atoms with van der Waals surface area (Å²) in [4.78, 5) is 23.5. The lowest BCUT2D eigenvalue weighted by Gasteiger charge is -2.08. The normalized spacial score (nSPS) is 10.0. The lowest BCUT2D eigenvalue weighted by Crippen LogP contribution is -2.41. The number of aryl methyl sites for hydroxylation is 1. The van der Waals surface area contributed by atoms with Gasteiger partial charge in [0.15, 0.2) is 0 Å². The maximum atomic E-state index is 11.9. The van der Waals surface area contributed by atoms with E-state index in [4.69, 9.17) is 4.74 Å². The van der Waals surface area contributed by atoms with E-state index in [0.717, 1.165) is 0 Å². The molecule has 0 aliphatic carbocycles. The van der Waals surface area contributed by atoms with Crippen LogP contribution in [0.15, 0.2) is 42.7 Å². The molecule has 1 aromatic carbocycles. The maximum absolute atomic E-state index is 11.9. The Balaban J connectivity index is 1.75. The second-order valence-corrected chi connectivity index (χ2v) is 4.48. The first-order valence-corrected chi connectivity index (χ1v) is 6.98. The molecule has 7 heteroatoms. The summed E-state index contributed by atoms with van der Waals surface area (Å²) in [5, 5.41) is 3.99. The highest BCUT2D eigenvalue weighted by Crippen LogP contribution is 2.11. The minimum atomic E-state index is -0.379. The summed E-state index contributed by atoms with van der Waals surface area (Å²) in [5.74, 6) is 0.0348. The summed E-state index contributed by atoms with van der Waals surface area (Å²) in [6.07, 6.45) is 3.64. The van der Waals surface area contributed by atoms with E-state index in [1.54, 1.807) is 47.4 Å². The molecule has 0 unspecified atom stereocenters. The first-order valence-electron chi connectivity index (χ1n) is 6.98. The van der Waals surface area contributed by atoms with Crippen molar-refractivity contribution in [2.24, 2.45) is 0 Å². The van der Waals surface area contributed by atoms with Gasteiger partial charge in [0.2, 0.25) is 5.91 Å². The van der Waals surface area contributed by atoms with Crippen LogP contribution in [0.25, 0.3) is 0 Å². The van der Waals surface area contributed by atoms with Gasteiger partial charge in [-0.1, -0.05) is 0 Å². The van der Waals surface area contributed by atoms with Crippen molar-refractivity contribution in [3.63, 3.8) is 0 Å². The van der Waals surface area contributed by atoms with Gasteiger partial charge in [-0.05, 0) is 37.3 Å². The van der Waals surface area contributed by atoms with Crippen molar-refractivity contribution in [1.29, 1.82) is 0 Å². The maximum Gasteiger partial charge on any atom is 0.269 e. The molecule has 2 N–H and O–H groups in total. The molecule has 1 heterocycles. The van der Waals surface area contributed by atoms with Crippen molar-refractivity contribution >= 4 is 11.8 Å². The predicted octanol–water partition coefficient (Wildman–Crippen LogP) is 1.13. The highest BCUT2D eigenvalue weighted by atomic mass is 16.5. The Hall–Kier alpha value is -2.83. The van der Waals surface area contributed by atoms with Gasteiger partial charge in [0.1, 0.15) is 5.75 Å². The molecule has 0 aliphatic heterocycles. The number of carbonyl (C=O) groups excluding carboxylic acids is 2. The predicted molar refractivity (Wildman–Crippen MR) is 80.1 cm³/mol. The van der Waals surface area contributed by atoms with Crippen molar-refractivity contribution in [1.82, 2.24) is 20.6 Å². The van der Waals surface area contributed by atoms with E-state index in [1.807, 2.05) is 6.92 Å². The number of aromatic nitrogens is 2. The van der Waals surface area contributed by atoms with Crippen LogP contribution < -0.4 is 15.6 Å². The Morgan fingerprint density at radius 2 is 2.00 bits per heavy atom. The van der Waals surface area contributed by atoms with Crippen LogP contribution in [0.5, 0.6) is 5.75 Å². The highest BCUT2D eigenvalue weighted by Gasteiger charge is 2.07. The number of benzene rings is 1. The molecule has 116 valence electrons. The van der Waals surface area contributed by atoms with Gasteiger partial charge in [-0.2, -0.15) is 5.10 Å². The Morgan fingerprint density at radius 3 is 2.64 bits per heavy atom. The standard InChI is InChI=1S/C15H18N4O3/c1-2-22-13-6-4-12(5-7-13)15(21)18-17-14(20)8-11-19-10-3-9-16-19/h3-7,9-10H,2,8,11H2,1H3,(H,17,20)(H,18,21). The number of nitrogens with zero attached hydrogens (tertiary/aromatic N) is 2. The zero-order valence-electron chi connectivity index (χ0n) is 12.3. The minimum Gasteiger partial charge on any atom is -0.494 e. The molecule has 2 amide bonds. The van der Waals surface area contributed by atoms with Crippen LogP contribution in [0.1, 0.15) is 23.7 Å². The molecule has 7 nitrogen and oxygen atoms in total. The van der Waals surface area contributed by atoms with Crippen LogP contribution >= 0.6 is 0 Å². The number of carbonyl (C=O) groups is 2. The summed E-state index contributed by atoms with van der Waals surface area (Å²) in [7, 11) is 0. The van der Waals surface area contributed by atoms with Crippen molar-refractivity contribution < 1.29 is 14.3 Å². The molecule has 0 bridgehead atoms. The molecule has 0 aliphatic rings. The fourth-order valence-corrected chi connectivity index (χ4v) is 1.78.